The summed E-state index contributed by atoms with van der Waals surface area (Å²) in [6.45, 7) is 4.02. The maximum absolute atomic E-state index is 13.8. The highest BCUT2D eigenvalue weighted by atomic mass is 19.1. The van der Waals surface area contributed by atoms with Gasteiger partial charge in [-0.3, -0.25) is 4.79 Å². The minimum absolute atomic E-state index is 0.145. The van der Waals surface area contributed by atoms with Crippen LogP contribution in [0.15, 0.2) is 66.9 Å². The highest BCUT2D eigenvalue weighted by molar-refractivity contribution is 6.06. The molecule has 2 aromatic carbocycles. The first-order valence-electron chi connectivity index (χ1n) is 11.9. The molecule has 0 unspecified atom stereocenters. The summed E-state index contributed by atoms with van der Waals surface area (Å²) in [7, 11) is 0. The van der Waals surface area contributed by atoms with E-state index < -0.39 is 0 Å². The summed E-state index contributed by atoms with van der Waals surface area (Å²) in [6.07, 6.45) is 1.28. The third kappa shape index (κ3) is 4.77. The van der Waals surface area contributed by atoms with E-state index in [1.54, 1.807) is 39.7 Å². The number of carbonyl (C=O) groups is 2. The number of ether oxygens (including phenoxy) is 1. The first-order valence-corrected chi connectivity index (χ1v) is 11.9. The van der Waals surface area contributed by atoms with E-state index >= 15 is 0 Å². The minimum Gasteiger partial charge on any atom is -0.450 e. The van der Waals surface area contributed by atoms with Gasteiger partial charge >= 0.3 is 6.09 Å². The molecule has 1 aliphatic heterocycles. The molecule has 8 nitrogen and oxygen atoms in total. The van der Waals surface area contributed by atoms with Gasteiger partial charge in [-0.2, -0.15) is 5.10 Å². The fourth-order valence-corrected chi connectivity index (χ4v) is 4.38. The highest BCUT2D eigenvalue weighted by Crippen LogP contribution is 2.27. The molecule has 0 spiro atoms. The summed E-state index contributed by atoms with van der Waals surface area (Å²) in [6, 6.07) is 17.8. The maximum Gasteiger partial charge on any atom is 0.409 e. The van der Waals surface area contributed by atoms with Crippen LogP contribution in [0.5, 0.6) is 0 Å². The molecule has 184 valence electrons. The Balaban J connectivity index is 1.50. The normalized spacial score (nSPS) is 13.7. The molecule has 1 saturated heterocycles. The van der Waals surface area contributed by atoms with Crippen molar-refractivity contribution in [2.45, 2.75) is 13.5 Å². The second-order valence-electron chi connectivity index (χ2n) is 8.57. The fourth-order valence-electron chi connectivity index (χ4n) is 4.38. The van der Waals surface area contributed by atoms with Gasteiger partial charge in [-0.05, 0) is 30.7 Å². The van der Waals surface area contributed by atoms with Gasteiger partial charge in [-0.15, -0.1) is 0 Å². The first-order chi connectivity index (χ1) is 17.5. The number of hydrogen-bond donors (Lipinski definition) is 0. The number of hydrogen-bond acceptors (Lipinski definition) is 5. The molecule has 0 saturated carbocycles. The number of carbonyl (C=O) groups excluding carboxylic acids is 2. The van der Waals surface area contributed by atoms with E-state index in [9.17, 15) is 14.0 Å². The van der Waals surface area contributed by atoms with E-state index in [2.05, 4.69) is 5.10 Å². The molecular formula is C27H26FN5O3. The largest absolute Gasteiger partial charge is 0.450 e. The van der Waals surface area contributed by atoms with E-state index in [1.165, 1.54) is 12.1 Å². The molecule has 4 aromatic rings. The molecule has 2 amide bonds. The molecule has 36 heavy (non-hydrogen) atoms. The van der Waals surface area contributed by atoms with Crippen LogP contribution < -0.4 is 0 Å². The lowest BCUT2D eigenvalue weighted by Gasteiger charge is -2.34. The molecule has 3 heterocycles. The van der Waals surface area contributed by atoms with Gasteiger partial charge < -0.3 is 14.5 Å². The summed E-state index contributed by atoms with van der Waals surface area (Å²) in [5.74, 6) is -0.465. The van der Waals surface area contributed by atoms with Crippen molar-refractivity contribution in [1.82, 2.24) is 24.6 Å². The average molecular weight is 488 g/mol. The van der Waals surface area contributed by atoms with Crippen LogP contribution in [0.25, 0.3) is 22.3 Å². The third-order valence-corrected chi connectivity index (χ3v) is 6.22. The van der Waals surface area contributed by atoms with Crippen LogP contribution in [0.1, 0.15) is 22.8 Å². The monoisotopic (exact) mass is 487 g/mol. The average Bonchev–Trinajstić information content (AvgIpc) is 3.31. The van der Waals surface area contributed by atoms with Crippen molar-refractivity contribution in [2.24, 2.45) is 0 Å². The number of halogens is 1. The zero-order valence-electron chi connectivity index (χ0n) is 19.9. The van der Waals surface area contributed by atoms with Gasteiger partial charge in [0.25, 0.3) is 5.91 Å². The Morgan fingerprint density at radius 1 is 0.972 bits per heavy atom. The van der Waals surface area contributed by atoms with Crippen molar-refractivity contribution in [3.63, 3.8) is 0 Å². The van der Waals surface area contributed by atoms with Gasteiger partial charge in [0, 0.05) is 31.7 Å². The lowest BCUT2D eigenvalue weighted by molar-refractivity contribution is 0.0572. The number of pyridine rings is 1. The predicted molar refractivity (Wildman–Crippen MR) is 133 cm³/mol. The van der Waals surface area contributed by atoms with Gasteiger partial charge in [0.2, 0.25) is 0 Å². The van der Waals surface area contributed by atoms with Gasteiger partial charge in [0.1, 0.15) is 5.82 Å². The number of aromatic nitrogens is 3. The Morgan fingerprint density at radius 3 is 2.44 bits per heavy atom. The van der Waals surface area contributed by atoms with E-state index in [4.69, 9.17) is 9.72 Å². The summed E-state index contributed by atoms with van der Waals surface area (Å²) in [5.41, 5.74) is 3.31. The minimum atomic E-state index is -0.360. The lowest BCUT2D eigenvalue weighted by Crippen LogP contribution is -2.50. The van der Waals surface area contributed by atoms with Crippen molar-refractivity contribution < 1.29 is 18.7 Å². The first kappa shape index (κ1) is 23.5. The van der Waals surface area contributed by atoms with Crippen molar-refractivity contribution in [3.05, 3.63) is 83.8 Å². The van der Waals surface area contributed by atoms with Crippen LogP contribution in [-0.2, 0) is 11.3 Å². The molecule has 1 aliphatic rings. The van der Waals surface area contributed by atoms with E-state index in [0.717, 1.165) is 11.1 Å². The predicted octanol–water partition coefficient (Wildman–Crippen LogP) is 4.20. The van der Waals surface area contributed by atoms with Gasteiger partial charge in [0.15, 0.2) is 5.65 Å². The molecule has 1 fully saturated rings. The van der Waals surface area contributed by atoms with Crippen molar-refractivity contribution in [3.8, 4) is 11.3 Å². The molecule has 2 aromatic heterocycles. The van der Waals surface area contributed by atoms with Crippen LogP contribution in [0.4, 0.5) is 9.18 Å². The fraction of sp³-hybridized carbons (Fsp3) is 0.259. The maximum atomic E-state index is 13.8. The standard InChI is InChI=1S/C27H26FN5O3/c1-2-36-27(35)32-13-11-31(12-14-32)26(34)22-16-24(20-8-4-3-5-9-20)30-25-23(22)17-29-33(25)18-19-7-6-10-21(28)15-19/h3-10,15-17H,2,11-14,18H2,1H3. The zero-order valence-corrected chi connectivity index (χ0v) is 19.9. The lowest BCUT2D eigenvalue weighted by atomic mass is 10.1. The summed E-state index contributed by atoms with van der Waals surface area (Å²) < 4.78 is 20.5. The molecule has 5 rings (SSSR count). The molecule has 0 bridgehead atoms. The third-order valence-electron chi connectivity index (χ3n) is 6.22. The SMILES string of the molecule is CCOC(=O)N1CCN(C(=O)c2cc(-c3ccccc3)nc3c2cnn3Cc2cccc(F)c2)CC1. The Hall–Kier alpha value is -4.27. The van der Waals surface area contributed by atoms with Crippen LogP contribution in [0, 0.1) is 5.82 Å². The van der Waals surface area contributed by atoms with E-state index in [0.29, 0.717) is 61.6 Å². The number of nitrogens with zero attached hydrogens (tertiary/aromatic N) is 5. The second-order valence-corrected chi connectivity index (χ2v) is 8.57. The van der Waals surface area contributed by atoms with Gasteiger partial charge in [0.05, 0.1) is 36.0 Å². The smallest absolute Gasteiger partial charge is 0.409 e. The Bertz CT molecular complexity index is 1400. The second kappa shape index (κ2) is 10.2. The quantitative estimate of drug-likeness (QED) is 0.422. The summed E-state index contributed by atoms with van der Waals surface area (Å²) in [4.78, 5) is 33.9. The molecule has 0 radical (unpaired) electrons. The molecule has 0 aliphatic carbocycles. The number of amides is 2. The van der Waals surface area contributed by atoms with Crippen LogP contribution in [0.3, 0.4) is 0 Å². The Morgan fingerprint density at radius 2 is 1.72 bits per heavy atom. The summed E-state index contributed by atoms with van der Waals surface area (Å²) >= 11 is 0. The molecular weight excluding hydrogens is 461 g/mol. The number of benzene rings is 2. The van der Waals surface area contributed by atoms with Crippen molar-refractivity contribution in [2.75, 3.05) is 32.8 Å². The summed E-state index contributed by atoms with van der Waals surface area (Å²) in [5, 5.41) is 5.12. The number of fused-ring (bicyclic) bond motifs is 1. The Labute approximate surface area is 207 Å². The Kier molecular flexibility index (Phi) is 6.62. The highest BCUT2D eigenvalue weighted by Gasteiger charge is 2.27. The topological polar surface area (TPSA) is 80.6 Å². The van der Waals surface area contributed by atoms with Crippen LogP contribution >= 0.6 is 0 Å². The van der Waals surface area contributed by atoms with Crippen molar-refractivity contribution in [1.29, 1.82) is 0 Å². The number of piperazine rings is 1. The van der Waals surface area contributed by atoms with Crippen LogP contribution in [0.2, 0.25) is 0 Å². The molecule has 0 atom stereocenters. The van der Waals surface area contributed by atoms with Gasteiger partial charge in [-0.25, -0.2) is 18.9 Å². The number of rotatable bonds is 5. The molecule has 0 N–H and O–H groups in total. The van der Waals surface area contributed by atoms with Gasteiger partial charge in [-0.1, -0.05) is 42.5 Å². The van der Waals surface area contributed by atoms with E-state index in [-0.39, 0.29) is 17.8 Å². The zero-order chi connectivity index (χ0) is 25.1. The van der Waals surface area contributed by atoms with Crippen molar-refractivity contribution >= 4 is 23.0 Å². The van der Waals surface area contributed by atoms with E-state index in [1.807, 2.05) is 36.4 Å². The van der Waals surface area contributed by atoms with Crippen LogP contribution in [-0.4, -0.2) is 69.4 Å². The molecule has 9 heteroatoms.